The van der Waals surface area contributed by atoms with E-state index in [2.05, 4.69) is 4.98 Å². The second kappa shape index (κ2) is 5.46. The highest BCUT2D eigenvalue weighted by Gasteiger charge is 2.15. The molecule has 2 aromatic carbocycles. The van der Waals surface area contributed by atoms with Crippen molar-refractivity contribution < 1.29 is 9.84 Å². The third kappa shape index (κ3) is 2.32. The Morgan fingerprint density at radius 2 is 2.05 bits per heavy atom. The predicted molar refractivity (Wildman–Crippen MR) is 83.2 cm³/mol. The van der Waals surface area contributed by atoms with Gasteiger partial charge in [0.2, 0.25) is 0 Å². The van der Waals surface area contributed by atoms with E-state index in [9.17, 15) is 5.11 Å². The zero-order valence-electron chi connectivity index (χ0n) is 11.8. The van der Waals surface area contributed by atoms with Crippen LogP contribution in [0.3, 0.4) is 0 Å². The number of aliphatic hydroxyl groups excluding tert-OH is 1. The summed E-state index contributed by atoms with van der Waals surface area (Å²) < 4.78 is 7.24. The van der Waals surface area contributed by atoms with Gasteiger partial charge in [-0.3, -0.25) is 0 Å². The van der Waals surface area contributed by atoms with Gasteiger partial charge in [-0.2, -0.15) is 0 Å². The maximum atomic E-state index is 9.33. The number of ether oxygens (including phenoxy) is 1. The lowest BCUT2D eigenvalue weighted by Gasteiger charge is -2.11. The maximum absolute atomic E-state index is 9.33. The highest BCUT2D eigenvalue weighted by molar-refractivity contribution is 5.84. The monoisotopic (exact) mass is 283 g/mol. The number of nitrogens with zero attached hydrogens (tertiary/aromatic N) is 2. The van der Waals surface area contributed by atoms with Crippen molar-refractivity contribution >= 4 is 16.7 Å². The molecule has 0 unspecified atom stereocenters. The summed E-state index contributed by atoms with van der Waals surface area (Å²) in [5.41, 5.74) is 9.38. The van der Waals surface area contributed by atoms with E-state index in [0.717, 1.165) is 28.2 Å². The van der Waals surface area contributed by atoms with Crippen LogP contribution in [0.4, 0.5) is 5.69 Å². The van der Waals surface area contributed by atoms with Crippen molar-refractivity contribution in [1.29, 1.82) is 0 Å². The number of aromatic nitrogens is 2. The van der Waals surface area contributed by atoms with Crippen LogP contribution in [0, 0.1) is 0 Å². The van der Waals surface area contributed by atoms with Gasteiger partial charge in [-0.25, -0.2) is 4.98 Å². The average molecular weight is 283 g/mol. The second-order valence-electron chi connectivity index (χ2n) is 4.75. The van der Waals surface area contributed by atoms with Gasteiger partial charge in [0.15, 0.2) is 0 Å². The fourth-order valence-corrected chi connectivity index (χ4v) is 2.46. The van der Waals surface area contributed by atoms with E-state index < -0.39 is 0 Å². The third-order valence-corrected chi connectivity index (χ3v) is 3.48. The van der Waals surface area contributed by atoms with Crippen LogP contribution >= 0.6 is 0 Å². The highest BCUT2D eigenvalue weighted by Crippen LogP contribution is 2.31. The molecule has 3 aromatic rings. The Labute approximate surface area is 122 Å². The minimum atomic E-state index is 0.0389. The molecule has 21 heavy (non-hydrogen) atoms. The Kier molecular flexibility index (Phi) is 3.50. The largest absolute Gasteiger partial charge is 0.497 e. The molecule has 0 radical (unpaired) electrons. The van der Waals surface area contributed by atoms with Crippen molar-refractivity contribution in [2.24, 2.45) is 0 Å². The van der Waals surface area contributed by atoms with Crippen molar-refractivity contribution in [2.45, 2.75) is 6.54 Å². The first-order valence-corrected chi connectivity index (χ1v) is 6.74. The maximum Gasteiger partial charge on any atom is 0.143 e. The fraction of sp³-hybridized carbons (Fsp3) is 0.188. The number of imidazole rings is 1. The molecule has 0 saturated heterocycles. The van der Waals surface area contributed by atoms with Crippen molar-refractivity contribution in [2.75, 3.05) is 19.5 Å². The molecule has 0 atom stereocenters. The molecule has 108 valence electrons. The smallest absolute Gasteiger partial charge is 0.143 e. The predicted octanol–water partition coefficient (Wildman–Crippen LogP) is 2.29. The number of anilines is 1. The van der Waals surface area contributed by atoms with E-state index >= 15 is 0 Å². The number of nitrogens with two attached hydrogens (primary N) is 1. The molecule has 5 heteroatoms. The highest BCUT2D eigenvalue weighted by atomic mass is 16.5. The number of methoxy groups -OCH3 is 1. The number of para-hydroxylation sites is 2. The zero-order valence-corrected chi connectivity index (χ0v) is 11.8. The van der Waals surface area contributed by atoms with Gasteiger partial charge in [0.1, 0.15) is 11.6 Å². The number of hydrogen-bond acceptors (Lipinski definition) is 4. The summed E-state index contributed by atoms with van der Waals surface area (Å²) in [7, 11) is 1.62. The summed E-state index contributed by atoms with van der Waals surface area (Å²) in [4.78, 5) is 4.65. The minimum Gasteiger partial charge on any atom is -0.497 e. The Bertz CT molecular complexity index is 780. The van der Waals surface area contributed by atoms with Gasteiger partial charge >= 0.3 is 0 Å². The quantitative estimate of drug-likeness (QED) is 0.720. The van der Waals surface area contributed by atoms with Gasteiger partial charge in [0.25, 0.3) is 0 Å². The van der Waals surface area contributed by atoms with Gasteiger partial charge in [0.05, 0.1) is 24.8 Å². The van der Waals surface area contributed by atoms with E-state index in [4.69, 9.17) is 10.5 Å². The Morgan fingerprint density at radius 3 is 2.81 bits per heavy atom. The van der Waals surface area contributed by atoms with Crippen LogP contribution in [0.1, 0.15) is 0 Å². The number of hydrogen-bond donors (Lipinski definition) is 2. The topological polar surface area (TPSA) is 73.3 Å². The number of rotatable bonds is 4. The summed E-state index contributed by atoms with van der Waals surface area (Å²) >= 11 is 0. The van der Waals surface area contributed by atoms with Crippen molar-refractivity contribution in [1.82, 2.24) is 9.55 Å². The molecule has 3 rings (SSSR count). The molecule has 3 N–H and O–H groups in total. The zero-order chi connectivity index (χ0) is 14.8. The van der Waals surface area contributed by atoms with Gasteiger partial charge in [-0.1, -0.05) is 12.1 Å². The molecule has 0 aliphatic carbocycles. The lowest BCUT2D eigenvalue weighted by molar-refractivity contribution is 0.278. The molecule has 0 saturated carbocycles. The summed E-state index contributed by atoms with van der Waals surface area (Å²) in [5, 5.41) is 9.33. The minimum absolute atomic E-state index is 0.0389. The SMILES string of the molecule is COc1ccc(N)c(-c2nc3ccccc3n2CCO)c1. The first kappa shape index (κ1) is 13.5. The van der Waals surface area contributed by atoms with Crippen molar-refractivity contribution in [3.05, 3.63) is 42.5 Å². The molecule has 0 fully saturated rings. The lowest BCUT2D eigenvalue weighted by atomic mass is 10.1. The number of aliphatic hydroxyl groups is 1. The molecule has 0 aliphatic rings. The molecule has 0 bridgehead atoms. The van der Waals surface area contributed by atoms with Crippen LogP contribution in [0.25, 0.3) is 22.4 Å². The fourth-order valence-electron chi connectivity index (χ4n) is 2.46. The first-order chi connectivity index (χ1) is 10.2. The standard InChI is InChI=1S/C16H17N3O2/c1-21-11-6-7-13(17)12(10-11)16-18-14-4-2-3-5-15(14)19(16)8-9-20/h2-7,10,20H,8-9,17H2,1H3. The summed E-state index contributed by atoms with van der Waals surface area (Å²) in [6.07, 6.45) is 0. The van der Waals surface area contributed by atoms with E-state index in [1.54, 1.807) is 13.2 Å². The molecule has 1 heterocycles. The summed E-state index contributed by atoms with van der Waals surface area (Å²) in [6, 6.07) is 13.3. The van der Waals surface area contributed by atoms with Gasteiger partial charge in [0, 0.05) is 17.8 Å². The van der Waals surface area contributed by atoms with Crippen molar-refractivity contribution in [3.8, 4) is 17.1 Å². The summed E-state index contributed by atoms with van der Waals surface area (Å²) in [6.45, 7) is 0.504. The van der Waals surface area contributed by atoms with Gasteiger partial charge in [-0.15, -0.1) is 0 Å². The van der Waals surface area contributed by atoms with Gasteiger partial charge in [-0.05, 0) is 30.3 Å². The van der Waals surface area contributed by atoms with Crippen LogP contribution in [0.5, 0.6) is 5.75 Å². The van der Waals surface area contributed by atoms with Crippen LogP contribution in [0.2, 0.25) is 0 Å². The van der Waals surface area contributed by atoms with Crippen LogP contribution in [-0.4, -0.2) is 28.4 Å². The molecule has 1 aromatic heterocycles. The normalized spacial score (nSPS) is 11.0. The molecule has 0 aliphatic heterocycles. The van der Waals surface area contributed by atoms with E-state index in [0.29, 0.717) is 12.2 Å². The summed E-state index contributed by atoms with van der Waals surface area (Å²) in [5.74, 6) is 1.46. The number of benzene rings is 2. The van der Waals surface area contributed by atoms with Crippen LogP contribution < -0.4 is 10.5 Å². The number of fused-ring (bicyclic) bond motifs is 1. The first-order valence-electron chi connectivity index (χ1n) is 6.74. The third-order valence-electron chi connectivity index (χ3n) is 3.48. The lowest BCUT2D eigenvalue weighted by Crippen LogP contribution is -2.05. The molecule has 0 spiro atoms. The Morgan fingerprint density at radius 1 is 1.24 bits per heavy atom. The average Bonchev–Trinajstić information content (AvgIpc) is 2.87. The Balaban J connectivity index is 2.26. The van der Waals surface area contributed by atoms with Crippen molar-refractivity contribution in [3.63, 3.8) is 0 Å². The second-order valence-corrected chi connectivity index (χ2v) is 4.75. The molecule has 5 nitrogen and oxygen atoms in total. The van der Waals surface area contributed by atoms with Gasteiger partial charge < -0.3 is 20.1 Å². The molecular formula is C16H17N3O2. The molecular weight excluding hydrogens is 266 g/mol. The number of nitrogen functional groups attached to an aromatic ring is 1. The molecule has 0 amide bonds. The van der Waals surface area contributed by atoms with E-state index in [1.165, 1.54) is 0 Å². The van der Waals surface area contributed by atoms with Crippen LogP contribution in [0.15, 0.2) is 42.5 Å². The Hall–Kier alpha value is -2.53. The van der Waals surface area contributed by atoms with E-state index in [-0.39, 0.29) is 6.61 Å². The van der Waals surface area contributed by atoms with Crippen LogP contribution in [-0.2, 0) is 6.54 Å². The van der Waals surface area contributed by atoms with E-state index in [1.807, 2.05) is 41.0 Å².